The number of rotatable bonds is 6. The second kappa shape index (κ2) is 9.97. The first-order valence-electron chi connectivity index (χ1n) is 13.6. The van der Waals surface area contributed by atoms with Crippen LogP contribution in [0, 0.1) is 0 Å². The lowest BCUT2D eigenvalue weighted by atomic mass is 9.96. The first kappa shape index (κ1) is 27.7. The van der Waals surface area contributed by atoms with E-state index in [1.54, 1.807) is 30.3 Å². The summed E-state index contributed by atoms with van der Waals surface area (Å²) in [5, 5.41) is 74.4. The number of hydrogen-bond acceptors (Lipinski definition) is 11. The number of amides is 2. The molecular weight excluding hydrogens is 564 g/mol. The second-order valence-electron chi connectivity index (χ2n) is 10.8. The van der Waals surface area contributed by atoms with Gasteiger partial charge in [0.1, 0.15) is 30.2 Å². The molecule has 0 unspecified atom stereocenters. The molecule has 5 aromatic rings. The number of aromatic amines is 1. The first-order chi connectivity index (χ1) is 20.7. The highest BCUT2D eigenvalue weighted by molar-refractivity contribution is 6.39. The Hall–Kier alpha value is -4.12. The SMILES string of the molecule is O=C1c2c(c3c4ccc(O)cc4n([C@@H]4O[C@H](CO)[C@@H](O)[C@H](O)[C@H]4O)c3c3[nH]c4ccccc4c23)C(=O)N1NC(CO)CO. The number of aliphatic hydroxyl groups is 6. The third-order valence-corrected chi connectivity index (χ3v) is 8.39. The van der Waals surface area contributed by atoms with E-state index in [2.05, 4.69) is 10.4 Å². The molecular formula is C29H28N4O10. The van der Waals surface area contributed by atoms with Crippen molar-refractivity contribution in [2.45, 2.75) is 36.7 Å². The largest absolute Gasteiger partial charge is 0.508 e. The molecule has 4 heterocycles. The summed E-state index contributed by atoms with van der Waals surface area (Å²) in [5.74, 6) is -1.63. The van der Waals surface area contributed by atoms with Crippen molar-refractivity contribution in [2.75, 3.05) is 19.8 Å². The molecule has 2 aliphatic heterocycles. The maximum atomic E-state index is 14.1. The van der Waals surface area contributed by atoms with Crippen molar-refractivity contribution in [3.8, 4) is 5.75 Å². The van der Waals surface area contributed by atoms with E-state index in [9.17, 15) is 45.3 Å². The number of H-pyrrole nitrogens is 1. The number of aromatic hydroxyl groups is 1. The zero-order valence-electron chi connectivity index (χ0n) is 22.4. The number of hydrazine groups is 1. The number of phenolic OH excluding ortho intramolecular Hbond substituents is 1. The van der Waals surface area contributed by atoms with Crippen LogP contribution < -0.4 is 5.43 Å². The molecule has 0 radical (unpaired) electrons. The zero-order chi connectivity index (χ0) is 30.3. The van der Waals surface area contributed by atoms with E-state index in [4.69, 9.17) is 4.74 Å². The Labute approximate surface area is 241 Å². The van der Waals surface area contributed by atoms with Crippen LogP contribution in [0.1, 0.15) is 26.9 Å². The van der Waals surface area contributed by atoms with Crippen LogP contribution in [0.3, 0.4) is 0 Å². The number of nitrogens with one attached hydrogen (secondary N) is 2. The number of aromatic nitrogens is 2. The van der Waals surface area contributed by atoms with E-state index in [-0.39, 0.29) is 27.8 Å². The molecule has 7 rings (SSSR count). The first-order valence-corrected chi connectivity index (χ1v) is 13.6. The minimum Gasteiger partial charge on any atom is -0.508 e. The highest BCUT2D eigenvalue weighted by Crippen LogP contribution is 2.47. The average Bonchev–Trinajstić information content (AvgIpc) is 3.62. The van der Waals surface area contributed by atoms with Gasteiger partial charge in [0.2, 0.25) is 0 Å². The molecule has 0 bridgehead atoms. The van der Waals surface area contributed by atoms with Crippen LogP contribution in [0.2, 0.25) is 0 Å². The van der Waals surface area contributed by atoms with E-state index in [0.717, 1.165) is 5.01 Å². The second-order valence-corrected chi connectivity index (χ2v) is 10.8. The van der Waals surface area contributed by atoms with E-state index in [0.29, 0.717) is 32.7 Å². The molecule has 2 aliphatic rings. The van der Waals surface area contributed by atoms with Crippen molar-refractivity contribution in [1.82, 2.24) is 20.0 Å². The van der Waals surface area contributed by atoms with Gasteiger partial charge in [-0.1, -0.05) is 18.2 Å². The van der Waals surface area contributed by atoms with Crippen LogP contribution in [-0.4, -0.2) is 112 Å². The maximum Gasteiger partial charge on any atom is 0.276 e. The number of fused-ring (bicyclic) bond motifs is 10. The van der Waals surface area contributed by atoms with Gasteiger partial charge in [-0.25, -0.2) is 10.4 Å². The molecule has 3 aromatic carbocycles. The quantitative estimate of drug-likeness (QED) is 0.115. The highest BCUT2D eigenvalue weighted by atomic mass is 16.6. The lowest BCUT2D eigenvalue weighted by molar-refractivity contribution is -0.249. The van der Waals surface area contributed by atoms with Crippen LogP contribution in [0.25, 0.3) is 43.6 Å². The van der Waals surface area contributed by atoms with Crippen LogP contribution in [-0.2, 0) is 4.74 Å². The summed E-state index contributed by atoms with van der Waals surface area (Å²) in [7, 11) is 0. The molecule has 1 fully saturated rings. The summed E-state index contributed by atoms with van der Waals surface area (Å²) in [6.45, 7) is -1.79. The summed E-state index contributed by atoms with van der Waals surface area (Å²) in [6, 6.07) is 10.4. The normalized spacial score (nSPS) is 24.4. The number of carbonyl (C=O) groups is 2. The van der Waals surface area contributed by atoms with Crippen molar-refractivity contribution in [2.24, 2.45) is 0 Å². The van der Waals surface area contributed by atoms with Crippen LogP contribution >= 0.6 is 0 Å². The Morgan fingerprint density at radius 3 is 2.28 bits per heavy atom. The number of ether oxygens (including phenoxy) is 1. The Morgan fingerprint density at radius 2 is 1.58 bits per heavy atom. The number of phenols is 1. The van der Waals surface area contributed by atoms with Gasteiger partial charge in [0.05, 0.1) is 53.5 Å². The van der Waals surface area contributed by atoms with Gasteiger partial charge in [0.15, 0.2) is 6.23 Å². The fourth-order valence-corrected chi connectivity index (χ4v) is 6.37. The monoisotopic (exact) mass is 592 g/mol. The zero-order valence-corrected chi connectivity index (χ0v) is 22.4. The summed E-state index contributed by atoms with van der Waals surface area (Å²) in [4.78, 5) is 31.3. The number of imide groups is 1. The molecule has 224 valence electrons. The van der Waals surface area contributed by atoms with Crippen LogP contribution in [0.5, 0.6) is 5.75 Å². The molecule has 2 aromatic heterocycles. The predicted octanol–water partition coefficient (Wildman–Crippen LogP) is -0.439. The van der Waals surface area contributed by atoms with Gasteiger partial charge in [0.25, 0.3) is 11.8 Å². The number of aliphatic hydroxyl groups excluding tert-OH is 6. The van der Waals surface area contributed by atoms with Gasteiger partial charge < -0.3 is 50.0 Å². The number of para-hydroxylation sites is 1. The molecule has 5 atom stereocenters. The fraction of sp³-hybridized carbons (Fsp3) is 0.310. The fourth-order valence-electron chi connectivity index (χ4n) is 6.37. The standard InChI is InChI=1S/C29H28N4O10/c34-8-11(9-35)31-33-27(41)20-18-13-3-1-2-4-15(13)30-22(18)23-19(21(20)28(33)42)14-6-5-12(37)7-16(14)32(23)29-26(40)25(39)24(38)17(10-36)43-29/h1-7,11,17,24-26,29-31,34-40H,8-10H2/t17-,24-,25+,26-,29-/m1/s1. The van der Waals surface area contributed by atoms with Crippen LogP contribution in [0.4, 0.5) is 0 Å². The van der Waals surface area contributed by atoms with Gasteiger partial charge in [0, 0.05) is 33.1 Å². The molecule has 2 amide bonds. The molecule has 1 saturated heterocycles. The number of nitrogens with zero attached hydrogens (tertiary/aromatic N) is 2. The van der Waals surface area contributed by atoms with Crippen LogP contribution in [0.15, 0.2) is 42.5 Å². The Kier molecular flexibility index (Phi) is 6.42. The molecule has 14 nitrogen and oxygen atoms in total. The predicted molar refractivity (Wildman–Crippen MR) is 151 cm³/mol. The van der Waals surface area contributed by atoms with Gasteiger partial charge >= 0.3 is 0 Å². The van der Waals surface area contributed by atoms with Gasteiger partial charge in [-0.15, -0.1) is 0 Å². The van der Waals surface area contributed by atoms with E-state index in [1.165, 1.54) is 16.7 Å². The topological polar surface area (TPSA) is 221 Å². The Balaban J connectivity index is 1.64. The van der Waals surface area contributed by atoms with Crippen molar-refractivity contribution in [3.63, 3.8) is 0 Å². The van der Waals surface area contributed by atoms with Crippen molar-refractivity contribution in [3.05, 3.63) is 53.6 Å². The van der Waals surface area contributed by atoms with Crippen molar-refractivity contribution in [1.29, 1.82) is 0 Å². The molecule has 9 N–H and O–H groups in total. The Morgan fingerprint density at radius 1 is 0.884 bits per heavy atom. The van der Waals surface area contributed by atoms with Crippen molar-refractivity contribution >= 4 is 55.4 Å². The van der Waals surface area contributed by atoms with Gasteiger partial charge in [-0.05, 0) is 18.2 Å². The molecule has 0 aliphatic carbocycles. The molecule has 0 spiro atoms. The minimum atomic E-state index is -1.72. The lowest BCUT2D eigenvalue weighted by Crippen LogP contribution is -2.56. The highest BCUT2D eigenvalue weighted by Gasteiger charge is 2.47. The summed E-state index contributed by atoms with van der Waals surface area (Å²) in [5.41, 5.74) is 4.23. The van der Waals surface area contributed by atoms with Gasteiger partial charge in [-0.2, -0.15) is 0 Å². The Bertz CT molecular complexity index is 1940. The third-order valence-electron chi connectivity index (χ3n) is 8.39. The van der Waals surface area contributed by atoms with E-state index in [1.807, 2.05) is 0 Å². The summed E-state index contributed by atoms with van der Waals surface area (Å²) < 4.78 is 7.43. The maximum absolute atomic E-state index is 14.1. The van der Waals surface area contributed by atoms with E-state index < -0.39 is 68.3 Å². The lowest BCUT2D eigenvalue weighted by Gasteiger charge is -2.41. The van der Waals surface area contributed by atoms with Crippen molar-refractivity contribution < 1.29 is 50.1 Å². The number of carbonyl (C=O) groups excluding carboxylic acids is 2. The molecule has 0 saturated carbocycles. The minimum absolute atomic E-state index is 0.00147. The summed E-state index contributed by atoms with van der Waals surface area (Å²) >= 11 is 0. The average molecular weight is 593 g/mol. The molecule has 43 heavy (non-hydrogen) atoms. The third kappa shape index (κ3) is 3.76. The summed E-state index contributed by atoms with van der Waals surface area (Å²) in [6.07, 6.45) is -7.72. The smallest absolute Gasteiger partial charge is 0.276 e. The van der Waals surface area contributed by atoms with E-state index >= 15 is 0 Å². The van der Waals surface area contributed by atoms with Gasteiger partial charge in [-0.3, -0.25) is 9.59 Å². The number of benzene rings is 3. The number of hydrogen-bond donors (Lipinski definition) is 9. The molecule has 14 heteroatoms.